The smallest absolute Gasteiger partial charge is 0.0960 e. The van der Waals surface area contributed by atoms with Crippen LogP contribution in [-0.4, -0.2) is 5.11 Å². The molecule has 0 unspecified atom stereocenters. The van der Waals surface area contributed by atoms with E-state index < -0.39 is 0 Å². The van der Waals surface area contributed by atoms with E-state index in [2.05, 4.69) is 30.4 Å². The van der Waals surface area contributed by atoms with Crippen LogP contribution in [0.25, 0.3) is 0 Å². The van der Waals surface area contributed by atoms with Crippen LogP contribution in [0.15, 0.2) is 83.7 Å². The first-order chi connectivity index (χ1) is 8.84. The zero-order valence-electron chi connectivity index (χ0n) is 10.4. The van der Waals surface area contributed by atoms with E-state index >= 15 is 0 Å². The Hall–Kier alpha value is -2.02. The number of hydrogen-bond donors (Lipinski definition) is 1. The Kier molecular flexibility index (Phi) is 4.60. The summed E-state index contributed by atoms with van der Waals surface area (Å²) >= 11 is 0. The Balaban J connectivity index is 1.89. The van der Waals surface area contributed by atoms with E-state index in [0.29, 0.717) is 12.2 Å². The number of allylic oxidation sites excluding steroid dienone is 13. The van der Waals surface area contributed by atoms with Crippen molar-refractivity contribution in [2.45, 2.75) is 19.3 Å². The third-order valence-electron chi connectivity index (χ3n) is 2.89. The summed E-state index contributed by atoms with van der Waals surface area (Å²) < 4.78 is 0. The van der Waals surface area contributed by atoms with E-state index in [1.165, 1.54) is 11.1 Å². The average Bonchev–Trinajstić information content (AvgIpc) is 2.45. The van der Waals surface area contributed by atoms with E-state index in [-0.39, 0.29) is 0 Å². The molecule has 0 saturated carbocycles. The summed E-state index contributed by atoms with van der Waals surface area (Å²) in [5, 5.41) is 9.80. The molecular weight excluding hydrogens is 220 g/mol. The summed E-state index contributed by atoms with van der Waals surface area (Å²) in [5.41, 5.74) is 2.47. The predicted molar refractivity (Wildman–Crippen MR) is 77.3 cm³/mol. The fourth-order valence-corrected chi connectivity index (χ4v) is 1.84. The Morgan fingerprint density at radius 2 is 1.67 bits per heavy atom. The standard InChI is InChI=1S/C17H18O/c18-17(13-11-15-7-3-1-4-8-15)14-12-16-9-5-2-6-10-16/h1-7,9,11-13,18H,8,10,14H2/b15-11-,16-12+,17-13-. The molecule has 2 aliphatic carbocycles. The molecule has 18 heavy (non-hydrogen) atoms. The van der Waals surface area contributed by atoms with Crippen molar-refractivity contribution in [3.8, 4) is 0 Å². The molecule has 0 aromatic rings. The molecule has 0 saturated heterocycles. The van der Waals surface area contributed by atoms with Crippen molar-refractivity contribution in [3.63, 3.8) is 0 Å². The van der Waals surface area contributed by atoms with Gasteiger partial charge in [-0.05, 0) is 30.1 Å². The summed E-state index contributed by atoms with van der Waals surface area (Å²) in [6, 6.07) is 0. The highest BCUT2D eigenvalue weighted by Gasteiger charge is 1.96. The Bertz CT molecular complexity index is 494. The molecular formula is C17H18O. The number of aliphatic hydroxyl groups excluding tert-OH is 1. The lowest BCUT2D eigenvalue weighted by atomic mass is 10.1. The molecule has 0 radical (unpaired) electrons. The van der Waals surface area contributed by atoms with Crippen molar-refractivity contribution in [2.24, 2.45) is 0 Å². The molecule has 0 aliphatic heterocycles. The third-order valence-corrected chi connectivity index (χ3v) is 2.89. The first-order valence-corrected chi connectivity index (χ1v) is 6.29. The van der Waals surface area contributed by atoms with Gasteiger partial charge < -0.3 is 5.11 Å². The molecule has 0 bridgehead atoms. The highest BCUT2D eigenvalue weighted by molar-refractivity contribution is 5.33. The van der Waals surface area contributed by atoms with Crippen LogP contribution in [0.1, 0.15) is 19.3 Å². The Morgan fingerprint density at radius 1 is 1.00 bits per heavy atom. The summed E-state index contributed by atoms with van der Waals surface area (Å²) in [5.74, 6) is 0.404. The maximum atomic E-state index is 9.80. The first kappa shape index (κ1) is 12.4. The summed E-state index contributed by atoms with van der Waals surface area (Å²) in [6.07, 6.45) is 24.8. The quantitative estimate of drug-likeness (QED) is 0.706. The van der Waals surface area contributed by atoms with Crippen LogP contribution in [0.2, 0.25) is 0 Å². The lowest BCUT2D eigenvalue weighted by molar-refractivity contribution is 0.401. The van der Waals surface area contributed by atoms with Gasteiger partial charge in [-0.1, -0.05) is 60.8 Å². The topological polar surface area (TPSA) is 20.2 Å². The monoisotopic (exact) mass is 238 g/mol. The molecule has 0 fully saturated rings. The molecule has 1 N–H and O–H groups in total. The molecule has 92 valence electrons. The van der Waals surface area contributed by atoms with Gasteiger partial charge in [-0.2, -0.15) is 0 Å². The molecule has 2 aliphatic rings. The van der Waals surface area contributed by atoms with Gasteiger partial charge in [0.15, 0.2) is 0 Å². The van der Waals surface area contributed by atoms with Gasteiger partial charge in [-0.25, -0.2) is 0 Å². The molecule has 0 heterocycles. The van der Waals surface area contributed by atoms with Crippen LogP contribution in [0.4, 0.5) is 0 Å². The minimum Gasteiger partial charge on any atom is -0.512 e. The molecule has 0 aromatic carbocycles. The fourth-order valence-electron chi connectivity index (χ4n) is 1.84. The van der Waals surface area contributed by atoms with Crippen LogP contribution in [0.3, 0.4) is 0 Å². The lowest BCUT2D eigenvalue weighted by Crippen LogP contribution is -1.84. The van der Waals surface area contributed by atoms with Crippen LogP contribution >= 0.6 is 0 Å². The number of aliphatic hydroxyl groups is 1. The van der Waals surface area contributed by atoms with E-state index in [4.69, 9.17) is 0 Å². The number of hydrogen-bond acceptors (Lipinski definition) is 1. The molecule has 0 spiro atoms. The second-order valence-corrected chi connectivity index (χ2v) is 4.37. The summed E-state index contributed by atoms with van der Waals surface area (Å²) in [6.45, 7) is 0. The van der Waals surface area contributed by atoms with Crippen LogP contribution in [0, 0.1) is 0 Å². The summed E-state index contributed by atoms with van der Waals surface area (Å²) in [7, 11) is 0. The molecule has 1 heteroatoms. The second-order valence-electron chi connectivity index (χ2n) is 4.37. The lowest BCUT2D eigenvalue weighted by Gasteiger charge is -2.02. The zero-order chi connectivity index (χ0) is 12.6. The van der Waals surface area contributed by atoms with Gasteiger partial charge in [0.2, 0.25) is 0 Å². The van der Waals surface area contributed by atoms with Crippen molar-refractivity contribution in [2.75, 3.05) is 0 Å². The molecule has 0 amide bonds. The predicted octanol–water partition coefficient (Wildman–Crippen LogP) is 4.70. The molecule has 0 aromatic heterocycles. The number of rotatable bonds is 3. The molecule has 1 nitrogen and oxygen atoms in total. The minimum atomic E-state index is 0.404. The Labute approximate surface area is 109 Å². The fraction of sp³-hybridized carbons (Fsp3) is 0.176. The van der Waals surface area contributed by atoms with Crippen LogP contribution in [0.5, 0.6) is 0 Å². The third kappa shape index (κ3) is 4.10. The minimum absolute atomic E-state index is 0.404. The van der Waals surface area contributed by atoms with Crippen molar-refractivity contribution in [1.29, 1.82) is 0 Å². The van der Waals surface area contributed by atoms with Crippen molar-refractivity contribution in [1.82, 2.24) is 0 Å². The normalized spacial score (nSPS) is 23.2. The van der Waals surface area contributed by atoms with Gasteiger partial charge in [0.05, 0.1) is 5.76 Å². The van der Waals surface area contributed by atoms with E-state index in [0.717, 1.165) is 12.8 Å². The molecule has 2 rings (SSSR count). The van der Waals surface area contributed by atoms with E-state index in [1.54, 1.807) is 6.08 Å². The van der Waals surface area contributed by atoms with Crippen LogP contribution in [-0.2, 0) is 0 Å². The van der Waals surface area contributed by atoms with Gasteiger partial charge in [0.25, 0.3) is 0 Å². The van der Waals surface area contributed by atoms with Gasteiger partial charge in [0, 0.05) is 6.42 Å². The van der Waals surface area contributed by atoms with Crippen molar-refractivity contribution >= 4 is 0 Å². The van der Waals surface area contributed by atoms with E-state index in [1.807, 2.05) is 30.4 Å². The van der Waals surface area contributed by atoms with E-state index in [9.17, 15) is 5.11 Å². The maximum absolute atomic E-state index is 9.80. The highest BCUT2D eigenvalue weighted by Crippen LogP contribution is 2.14. The van der Waals surface area contributed by atoms with Gasteiger partial charge in [-0.15, -0.1) is 0 Å². The van der Waals surface area contributed by atoms with Crippen LogP contribution < -0.4 is 0 Å². The Morgan fingerprint density at radius 3 is 2.28 bits per heavy atom. The van der Waals surface area contributed by atoms with Gasteiger partial charge in [-0.3, -0.25) is 0 Å². The highest BCUT2D eigenvalue weighted by atomic mass is 16.3. The first-order valence-electron chi connectivity index (χ1n) is 6.29. The van der Waals surface area contributed by atoms with Crippen molar-refractivity contribution < 1.29 is 5.11 Å². The second kappa shape index (κ2) is 6.65. The largest absolute Gasteiger partial charge is 0.512 e. The molecule has 0 atom stereocenters. The SMILES string of the molecule is O/C(=C\C=C1\C=CC=CC1)C/C=C1\C=CC=CC1. The van der Waals surface area contributed by atoms with Gasteiger partial charge >= 0.3 is 0 Å². The zero-order valence-corrected chi connectivity index (χ0v) is 10.4. The maximum Gasteiger partial charge on any atom is 0.0960 e. The van der Waals surface area contributed by atoms with Gasteiger partial charge in [0.1, 0.15) is 0 Å². The average molecular weight is 238 g/mol. The van der Waals surface area contributed by atoms with Crippen molar-refractivity contribution in [3.05, 3.63) is 83.7 Å². The summed E-state index contributed by atoms with van der Waals surface area (Å²) in [4.78, 5) is 0.